The number of carbonyl (C=O) groups is 3. The van der Waals surface area contributed by atoms with Crippen LogP contribution in [0.3, 0.4) is 0 Å². The zero-order valence-corrected chi connectivity index (χ0v) is 10.2. The predicted octanol–water partition coefficient (Wildman–Crippen LogP) is 0.479. The maximum Gasteiger partial charge on any atom is 0.354 e. The standard InChI is InChI=1S/C12H10N4O4/c17-10-3-4-15(12(20)14-10)7-1-2-9-13-5-8(11(18)19)16(9)6-7/h1-2,5-6H,3-4H2,(H,18,19)(H,14,17,20). The van der Waals surface area contributed by atoms with E-state index in [0.717, 1.165) is 0 Å². The second-order valence-electron chi connectivity index (χ2n) is 4.32. The van der Waals surface area contributed by atoms with Gasteiger partial charge in [0.15, 0.2) is 5.69 Å². The van der Waals surface area contributed by atoms with Crippen LogP contribution in [0.4, 0.5) is 10.5 Å². The molecule has 3 rings (SSSR count). The van der Waals surface area contributed by atoms with Crippen LogP contribution in [0.2, 0.25) is 0 Å². The molecule has 1 aliphatic heterocycles. The lowest BCUT2D eigenvalue weighted by Gasteiger charge is -2.26. The van der Waals surface area contributed by atoms with Crippen molar-refractivity contribution < 1.29 is 19.5 Å². The summed E-state index contributed by atoms with van der Waals surface area (Å²) >= 11 is 0. The molecule has 0 aromatic carbocycles. The highest BCUT2D eigenvalue weighted by molar-refractivity contribution is 6.05. The van der Waals surface area contributed by atoms with Crippen LogP contribution in [0, 0.1) is 0 Å². The van der Waals surface area contributed by atoms with Gasteiger partial charge in [-0.05, 0) is 12.1 Å². The number of nitrogens with one attached hydrogen (secondary N) is 1. The summed E-state index contributed by atoms with van der Waals surface area (Å²) in [6.07, 6.45) is 2.97. The summed E-state index contributed by atoms with van der Waals surface area (Å²) in [5, 5.41) is 11.3. The van der Waals surface area contributed by atoms with Crippen LogP contribution < -0.4 is 10.2 Å². The Kier molecular flexibility index (Phi) is 2.63. The van der Waals surface area contributed by atoms with Gasteiger partial charge in [-0.15, -0.1) is 0 Å². The molecule has 0 spiro atoms. The van der Waals surface area contributed by atoms with Gasteiger partial charge in [0.1, 0.15) is 5.65 Å². The summed E-state index contributed by atoms with van der Waals surface area (Å²) in [4.78, 5) is 39.3. The fourth-order valence-electron chi connectivity index (χ4n) is 2.10. The predicted molar refractivity (Wildman–Crippen MR) is 67.7 cm³/mol. The number of anilines is 1. The monoisotopic (exact) mass is 274 g/mol. The minimum absolute atomic E-state index is 0.00958. The molecule has 2 N–H and O–H groups in total. The third-order valence-electron chi connectivity index (χ3n) is 3.07. The van der Waals surface area contributed by atoms with Crippen molar-refractivity contribution in [3.63, 3.8) is 0 Å². The largest absolute Gasteiger partial charge is 0.477 e. The van der Waals surface area contributed by atoms with Gasteiger partial charge in [0.05, 0.1) is 11.9 Å². The minimum atomic E-state index is -1.10. The molecule has 0 aliphatic carbocycles. The summed E-state index contributed by atoms with van der Waals surface area (Å²) in [5.74, 6) is -1.42. The van der Waals surface area contributed by atoms with Crippen molar-refractivity contribution in [1.29, 1.82) is 0 Å². The number of carboxylic acids is 1. The average Bonchev–Trinajstić information content (AvgIpc) is 2.81. The smallest absolute Gasteiger partial charge is 0.354 e. The van der Waals surface area contributed by atoms with Crippen molar-refractivity contribution in [1.82, 2.24) is 14.7 Å². The number of rotatable bonds is 2. The lowest BCUT2D eigenvalue weighted by Crippen LogP contribution is -2.49. The van der Waals surface area contributed by atoms with Crippen LogP contribution in [0.15, 0.2) is 24.5 Å². The Hall–Kier alpha value is -2.90. The van der Waals surface area contributed by atoms with Crippen molar-refractivity contribution in [2.24, 2.45) is 0 Å². The first-order valence-corrected chi connectivity index (χ1v) is 5.88. The summed E-state index contributed by atoms with van der Waals surface area (Å²) in [7, 11) is 0. The van der Waals surface area contributed by atoms with Crippen molar-refractivity contribution >= 4 is 29.2 Å². The summed E-state index contributed by atoms with van der Waals surface area (Å²) in [5.41, 5.74) is 0.984. The van der Waals surface area contributed by atoms with Crippen LogP contribution in [-0.2, 0) is 4.79 Å². The van der Waals surface area contributed by atoms with Gasteiger partial charge < -0.3 is 5.11 Å². The Morgan fingerprint density at radius 1 is 1.35 bits per heavy atom. The van der Waals surface area contributed by atoms with Crippen molar-refractivity contribution in [3.8, 4) is 0 Å². The fourth-order valence-corrected chi connectivity index (χ4v) is 2.10. The molecule has 1 saturated heterocycles. The van der Waals surface area contributed by atoms with E-state index in [2.05, 4.69) is 10.3 Å². The van der Waals surface area contributed by atoms with Gasteiger partial charge in [-0.1, -0.05) is 0 Å². The third kappa shape index (κ3) is 1.87. The van der Waals surface area contributed by atoms with Gasteiger partial charge in [-0.2, -0.15) is 0 Å². The molecule has 1 fully saturated rings. The van der Waals surface area contributed by atoms with Crippen LogP contribution in [0.25, 0.3) is 5.65 Å². The molecular weight excluding hydrogens is 264 g/mol. The SMILES string of the molecule is O=C1CCN(c2ccc3ncc(C(=O)O)n3c2)C(=O)N1. The normalized spacial score (nSPS) is 15.5. The second-order valence-corrected chi connectivity index (χ2v) is 4.32. The second kappa shape index (κ2) is 4.34. The van der Waals surface area contributed by atoms with Gasteiger partial charge in [-0.3, -0.25) is 19.4 Å². The molecule has 1 aliphatic rings. The molecule has 20 heavy (non-hydrogen) atoms. The molecule has 0 saturated carbocycles. The molecule has 102 valence electrons. The molecular formula is C12H10N4O4. The van der Waals surface area contributed by atoms with Gasteiger partial charge in [0, 0.05) is 19.2 Å². The van der Waals surface area contributed by atoms with E-state index in [4.69, 9.17) is 5.11 Å². The molecule has 2 aromatic heterocycles. The van der Waals surface area contributed by atoms with Crippen molar-refractivity contribution in [2.45, 2.75) is 6.42 Å². The van der Waals surface area contributed by atoms with Gasteiger partial charge in [0.2, 0.25) is 5.91 Å². The lowest BCUT2D eigenvalue weighted by molar-refractivity contribution is -0.120. The Balaban J connectivity index is 2.04. The summed E-state index contributed by atoms with van der Waals surface area (Å²) in [6, 6.07) is 2.76. The number of hydrogen-bond acceptors (Lipinski definition) is 4. The van der Waals surface area contributed by atoms with Crippen molar-refractivity contribution in [2.75, 3.05) is 11.4 Å². The quantitative estimate of drug-likeness (QED) is 0.828. The molecule has 2 aromatic rings. The molecule has 0 unspecified atom stereocenters. The van der Waals surface area contributed by atoms with Gasteiger partial charge >= 0.3 is 12.0 Å². The molecule has 8 heteroatoms. The number of carbonyl (C=O) groups excluding carboxylic acids is 2. The number of imidazole rings is 1. The highest BCUT2D eigenvalue weighted by Gasteiger charge is 2.24. The first kappa shape index (κ1) is 12.2. The molecule has 3 amide bonds. The molecule has 3 heterocycles. The van der Waals surface area contributed by atoms with Crippen molar-refractivity contribution in [3.05, 3.63) is 30.2 Å². The highest BCUT2D eigenvalue weighted by Crippen LogP contribution is 2.19. The van der Waals surface area contributed by atoms with E-state index in [1.807, 2.05) is 0 Å². The summed E-state index contributed by atoms with van der Waals surface area (Å²) < 4.78 is 1.39. The zero-order chi connectivity index (χ0) is 14.3. The van der Waals surface area contributed by atoms with Crippen LogP contribution >= 0.6 is 0 Å². The number of aromatic carboxylic acids is 1. The maximum absolute atomic E-state index is 11.8. The topological polar surface area (TPSA) is 104 Å². The van der Waals surface area contributed by atoms with E-state index >= 15 is 0 Å². The Morgan fingerprint density at radius 2 is 2.15 bits per heavy atom. The number of carboxylic acid groups (broad SMARTS) is 1. The number of aromatic nitrogens is 2. The number of imide groups is 1. The molecule has 0 radical (unpaired) electrons. The lowest BCUT2D eigenvalue weighted by atomic mass is 10.2. The maximum atomic E-state index is 11.8. The van der Waals surface area contributed by atoms with Crippen LogP contribution in [0.5, 0.6) is 0 Å². The van der Waals surface area contributed by atoms with E-state index < -0.39 is 12.0 Å². The molecule has 0 atom stereocenters. The Labute approximate surface area is 112 Å². The van der Waals surface area contributed by atoms with Gasteiger partial charge in [0.25, 0.3) is 0 Å². The van der Waals surface area contributed by atoms with E-state index in [9.17, 15) is 14.4 Å². The number of hydrogen-bond donors (Lipinski definition) is 2. The van der Waals surface area contributed by atoms with E-state index in [-0.39, 0.29) is 24.6 Å². The van der Waals surface area contributed by atoms with Gasteiger partial charge in [-0.25, -0.2) is 14.6 Å². The highest BCUT2D eigenvalue weighted by atomic mass is 16.4. The Bertz CT molecular complexity index is 736. The number of urea groups is 1. The number of nitrogens with zero attached hydrogens (tertiary/aromatic N) is 3. The molecule has 0 bridgehead atoms. The number of amides is 3. The van der Waals surface area contributed by atoms with E-state index in [0.29, 0.717) is 11.3 Å². The third-order valence-corrected chi connectivity index (χ3v) is 3.07. The molecule has 8 nitrogen and oxygen atoms in total. The first-order valence-electron chi connectivity index (χ1n) is 5.88. The first-order chi connectivity index (χ1) is 9.56. The van der Waals surface area contributed by atoms with E-state index in [1.54, 1.807) is 12.1 Å². The average molecular weight is 274 g/mol. The number of pyridine rings is 1. The fraction of sp³-hybridized carbons (Fsp3) is 0.167. The summed E-state index contributed by atoms with van der Waals surface area (Å²) in [6.45, 7) is 0.257. The minimum Gasteiger partial charge on any atom is -0.477 e. The van der Waals surface area contributed by atoms with Crippen LogP contribution in [0.1, 0.15) is 16.9 Å². The zero-order valence-electron chi connectivity index (χ0n) is 10.2. The van der Waals surface area contributed by atoms with E-state index in [1.165, 1.54) is 21.7 Å². The Morgan fingerprint density at radius 3 is 2.85 bits per heavy atom. The van der Waals surface area contributed by atoms with Crippen LogP contribution in [-0.4, -0.2) is 38.9 Å². The number of fused-ring (bicyclic) bond motifs is 1.